The fourth-order valence-electron chi connectivity index (χ4n) is 3.23. The molecule has 0 bridgehead atoms. The summed E-state index contributed by atoms with van der Waals surface area (Å²) in [5.74, 6) is 0.785. The van der Waals surface area contributed by atoms with E-state index in [9.17, 15) is 8.42 Å². The molecule has 134 valence electrons. The van der Waals surface area contributed by atoms with Crippen LogP contribution in [-0.2, 0) is 10.0 Å². The summed E-state index contributed by atoms with van der Waals surface area (Å²) in [4.78, 5) is 2.63. The Bertz CT molecular complexity index is 787. The number of nitrogens with zero attached hydrogens (tertiary/aromatic N) is 1. The molecule has 1 N–H and O–H groups in total. The van der Waals surface area contributed by atoms with Gasteiger partial charge in [-0.05, 0) is 55.8 Å². The van der Waals surface area contributed by atoms with Gasteiger partial charge in [0.2, 0.25) is 10.0 Å². The highest BCUT2D eigenvalue weighted by atomic mass is 32.2. The van der Waals surface area contributed by atoms with Gasteiger partial charge in [0.1, 0.15) is 5.75 Å². The molecule has 2 aromatic rings. The van der Waals surface area contributed by atoms with Crippen molar-refractivity contribution in [1.29, 1.82) is 0 Å². The van der Waals surface area contributed by atoms with Gasteiger partial charge in [-0.1, -0.05) is 30.3 Å². The first-order chi connectivity index (χ1) is 12.1. The second kappa shape index (κ2) is 7.99. The third kappa shape index (κ3) is 4.39. The van der Waals surface area contributed by atoms with Gasteiger partial charge in [-0.15, -0.1) is 0 Å². The van der Waals surface area contributed by atoms with Gasteiger partial charge >= 0.3 is 0 Å². The first kappa shape index (κ1) is 17.9. The Kier molecular flexibility index (Phi) is 5.73. The second-order valence-corrected chi connectivity index (χ2v) is 7.97. The van der Waals surface area contributed by atoms with Crippen LogP contribution in [-0.4, -0.2) is 40.1 Å². The molecule has 1 aliphatic rings. The van der Waals surface area contributed by atoms with E-state index in [1.807, 2.05) is 30.3 Å². The summed E-state index contributed by atoms with van der Waals surface area (Å²) in [7, 11) is -1.88. The molecule has 6 heteroatoms. The van der Waals surface area contributed by atoms with E-state index in [-0.39, 0.29) is 6.04 Å². The van der Waals surface area contributed by atoms with Gasteiger partial charge in [-0.2, -0.15) is 0 Å². The van der Waals surface area contributed by atoms with E-state index in [2.05, 4.69) is 9.62 Å². The lowest BCUT2D eigenvalue weighted by Crippen LogP contribution is -2.36. The monoisotopic (exact) mass is 360 g/mol. The molecule has 3 rings (SSSR count). The normalized spacial score (nSPS) is 16.7. The predicted molar refractivity (Wildman–Crippen MR) is 98.2 cm³/mol. The van der Waals surface area contributed by atoms with Crippen molar-refractivity contribution >= 4 is 10.0 Å². The summed E-state index contributed by atoms with van der Waals surface area (Å²) in [5.41, 5.74) is 1.07. The molecule has 1 unspecified atom stereocenters. The Morgan fingerprint density at radius 3 is 2.48 bits per heavy atom. The number of nitrogens with one attached hydrogen (secondary N) is 1. The Hall–Kier alpha value is -1.89. The van der Waals surface area contributed by atoms with Crippen molar-refractivity contribution in [2.24, 2.45) is 0 Å². The molecule has 1 heterocycles. The summed E-state index contributed by atoms with van der Waals surface area (Å²) in [6.07, 6.45) is 2.29. The molecule has 1 aliphatic heterocycles. The van der Waals surface area contributed by atoms with E-state index in [1.54, 1.807) is 31.4 Å². The SMILES string of the molecule is COc1cccc(C(CNS(=O)(=O)c2ccccc2)N2CCCC2)c1. The van der Waals surface area contributed by atoms with Crippen molar-refractivity contribution in [3.05, 3.63) is 60.2 Å². The highest BCUT2D eigenvalue weighted by Crippen LogP contribution is 2.27. The maximum absolute atomic E-state index is 12.6. The average molecular weight is 360 g/mol. The smallest absolute Gasteiger partial charge is 0.240 e. The van der Waals surface area contributed by atoms with Crippen LogP contribution in [0.5, 0.6) is 5.75 Å². The van der Waals surface area contributed by atoms with E-state index in [4.69, 9.17) is 4.74 Å². The number of hydrogen-bond donors (Lipinski definition) is 1. The maximum atomic E-state index is 12.6. The zero-order chi connectivity index (χ0) is 17.7. The third-order valence-corrected chi connectivity index (χ3v) is 6.02. The number of rotatable bonds is 7. The Balaban J connectivity index is 1.80. The minimum atomic E-state index is -3.52. The minimum Gasteiger partial charge on any atom is -0.497 e. The van der Waals surface area contributed by atoms with Crippen molar-refractivity contribution in [2.75, 3.05) is 26.7 Å². The summed E-state index contributed by atoms with van der Waals surface area (Å²) in [5, 5.41) is 0. The largest absolute Gasteiger partial charge is 0.497 e. The quantitative estimate of drug-likeness (QED) is 0.825. The highest BCUT2D eigenvalue weighted by Gasteiger charge is 2.25. The van der Waals surface area contributed by atoms with Gasteiger partial charge < -0.3 is 4.74 Å². The van der Waals surface area contributed by atoms with Crippen LogP contribution in [0.3, 0.4) is 0 Å². The molecule has 25 heavy (non-hydrogen) atoms. The summed E-state index contributed by atoms with van der Waals surface area (Å²) < 4.78 is 33.2. The number of likely N-dealkylation sites (tertiary alicyclic amines) is 1. The van der Waals surface area contributed by atoms with Crippen molar-refractivity contribution < 1.29 is 13.2 Å². The standard InChI is InChI=1S/C19H24N2O3S/c1-24-17-9-7-8-16(14-17)19(21-12-5-6-13-21)15-20-25(22,23)18-10-3-2-4-11-18/h2-4,7-11,14,19-20H,5-6,12-13,15H2,1H3. The Morgan fingerprint density at radius 2 is 1.80 bits per heavy atom. The molecule has 2 aromatic carbocycles. The zero-order valence-corrected chi connectivity index (χ0v) is 15.2. The predicted octanol–water partition coefficient (Wildman–Crippen LogP) is 2.81. The van der Waals surface area contributed by atoms with Crippen molar-refractivity contribution in [1.82, 2.24) is 9.62 Å². The van der Waals surface area contributed by atoms with Crippen LogP contribution >= 0.6 is 0 Å². The second-order valence-electron chi connectivity index (χ2n) is 6.20. The lowest BCUT2D eigenvalue weighted by Gasteiger charge is -2.28. The van der Waals surface area contributed by atoms with E-state index < -0.39 is 10.0 Å². The van der Waals surface area contributed by atoms with Crippen LogP contribution in [0.1, 0.15) is 24.4 Å². The number of benzene rings is 2. The maximum Gasteiger partial charge on any atom is 0.240 e. The molecule has 1 fully saturated rings. The molecular weight excluding hydrogens is 336 g/mol. The van der Waals surface area contributed by atoms with Crippen LogP contribution in [0, 0.1) is 0 Å². The highest BCUT2D eigenvalue weighted by molar-refractivity contribution is 7.89. The third-order valence-electron chi connectivity index (χ3n) is 4.58. The lowest BCUT2D eigenvalue weighted by atomic mass is 10.1. The van der Waals surface area contributed by atoms with E-state index in [0.717, 1.165) is 37.2 Å². The Labute approximate surface area is 149 Å². The van der Waals surface area contributed by atoms with Crippen LogP contribution in [0.25, 0.3) is 0 Å². The summed E-state index contributed by atoms with van der Waals surface area (Å²) in [6.45, 7) is 2.30. The molecule has 1 atom stereocenters. The van der Waals surface area contributed by atoms with Gasteiger partial charge in [0.15, 0.2) is 0 Å². The molecule has 0 aromatic heterocycles. The topological polar surface area (TPSA) is 58.6 Å². The van der Waals surface area contributed by atoms with Crippen LogP contribution in [0.15, 0.2) is 59.5 Å². The van der Waals surface area contributed by atoms with Gasteiger partial charge in [-0.3, -0.25) is 4.90 Å². The average Bonchev–Trinajstić information content (AvgIpc) is 3.17. The summed E-state index contributed by atoms with van der Waals surface area (Å²) >= 11 is 0. The Morgan fingerprint density at radius 1 is 1.08 bits per heavy atom. The van der Waals surface area contributed by atoms with Crippen LogP contribution < -0.4 is 9.46 Å². The molecule has 1 saturated heterocycles. The minimum absolute atomic E-state index is 0.00362. The molecular formula is C19H24N2O3S. The first-order valence-corrected chi connectivity index (χ1v) is 10.0. The lowest BCUT2D eigenvalue weighted by molar-refractivity contribution is 0.246. The molecule has 0 saturated carbocycles. The first-order valence-electron chi connectivity index (χ1n) is 8.53. The van der Waals surface area contributed by atoms with Crippen molar-refractivity contribution in [2.45, 2.75) is 23.8 Å². The number of ether oxygens (including phenoxy) is 1. The fraction of sp³-hybridized carbons (Fsp3) is 0.368. The van der Waals surface area contributed by atoms with E-state index in [0.29, 0.717) is 11.4 Å². The number of methoxy groups -OCH3 is 1. The van der Waals surface area contributed by atoms with Gasteiger partial charge in [0.05, 0.1) is 12.0 Å². The van der Waals surface area contributed by atoms with E-state index >= 15 is 0 Å². The fourth-order valence-corrected chi connectivity index (χ4v) is 4.29. The van der Waals surface area contributed by atoms with Crippen LogP contribution in [0.4, 0.5) is 0 Å². The summed E-state index contributed by atoms with van der Waals surface area (Å²) in [6, 6.07) is 16.4. The van der Waals surface area contributed by atoms with Crippen molar-refractivity contribution in [3.63, 3.8) is 0 Å². The number of hydrogen-bond acceptors (Lipinski definition) is 4. The van der Waals surface area contributed by atoms with Gasteiger partial charge in [0.25, 0.3) is 0 Å². The van der Waals surface area contributed by atoms with E-state index in [1.165, 1.54) is 0 Å². The molecule has 0 radical (unpaired) electrons. The zero-order valence-electron chi connectivity index (χ0n) is 14.4. The molecule has 0 spiro atoms. The van der Waals surface area contributed by atoms with Crippen molar-refractivity contribution in [3.8, 4) is 5.75 Å². The molecule has 0 amide bonds. The van der Waals surface area contributed by atoms with Crippen LogP contribution in [0.2, 0.25) is 0 Å². The van der Waals surface area contributed by atoms with Gasteiger partial charge in [-0.25, -0.2) is 13.1 Å². The molecule has 0 aliphatic carbocycles. The molecule has 5 nitrogen and oxygen atoms in total. The number of sulfonamides is 1. The van der Waals surface area contributed by atoms with Gasteiger partial charge in [0, 0.05) is 12.6 Å².